The number of rotatable bonds is 4. The molecule has 1 aliphatic heterocycles. The number of nitrogens with one attached hydrogen (secondary N) is 1. The largest absolute Gasteiger partial charge is 0.378 e. The highest BCUT2D eigenvalue weighted by Gasteiger charge is 2.63. The summed E-state index contributed by atoms with van der Waals surface area (Å²) in [6.45, 7) is 8.78. The van der Waals surface area contributed by atoms with Crippen molar-refractivity contribution in [2.24, 2.45) is 11.1 Å². The van der Waals surface area contributed by atoms with E-state index in [0.29, 0.717) is 13.0 Å². The van der Waals surface area contributed by atoms with Crippen molar-refractivity contribution >= 4 is 5.91 Å². The van der Waals surface area contributed by atoms with Gasteiger partial charge in [0, 0.05) is 24.5 Å². The molecular formula is C15H29N3O2. The number of ether oxygens (including phenoxy) is 1. The van der Waals surface area contributed by atoms with E-state index in [1.54, 1.807) is 0 Å². The second-order valence-corrected chi connectivity index (χ2v) is 6.89. The summed E-state index contributed by atoms with van der Waals surface area (Å²) in [5.41, 5.74) is 5.28. The Bertz CT molecular complexity index is 364. The molecule has 1 saturated heterocycles. The first kappa shape index (κ1) is 15.7. The van der Waals surface area contributed by atoms with Crippen molar-refractivity contribution in [2.45, 2.75) is 57.7 Å². The summed E-state index contributed by atoms with van der Waals surface area (Å²) in [5, 5.41) is 3.15. The van der Waals surface area contributed by atoms with Crippen LogP contribution in [-0.4, -0.2) is 55.2 Å². The Balaban J connectivity index is 1.92. The summed E-state index contributed by atoms with van der Waals surface area (Å²) in [4.78, 5) is 14.8. The van der Waals surface area contributed by atoms with Crippen molar-refractivity contribution in [3.63, 3.8) is 0 Å². The first-order chi connectivity index (χ1) is 9.31. The Morgan fingerprint density at radius 2 is 2.00 bits per heavy atom. The zero-order valence-corrected chi connectivity index (χ0v) is 13.2. The molecule has 2 unspecified atom stereocenters. The highest BCUT2D eigenvalue weighted by molar-refractivity contribution is 5.89. The summed E-state index contributed by atoms with van der Waals surface area (Å²) in [6.07, 6.45) is 2.72. The van der Waals surface area contributed by atoms with Gasteiger partial charge in [0.05, 0.1) is 6.10 Å². The minimum Gasteiger partial charge on any atom is -0.378 e. The van der Waals surface area contributed by atoms with Crippen molar-refractivity contribution < 1.29 is 9.53 Å². The predicted molar refractivity (Wildman–Crippen MR) is 79.4 cm³/mol. The summed E-state index contributed by atoms with van der Waals surface area (Å²) in [7, 11) is 2.12. The topological polar surface area (TPSA) is 67.6 Å². The van der Waals surface area contributed by atoms with Crippen molar-refractivity contribution in [3.8, 4) is 0 Å². The third kappa shape index (κ3) is 2.59. The number of piperidine rings is 1. The minimum absolute atomic E-state index is 0.00648. The molecule has 3 N–H and O–H groups in total. The van der Waals surface area contributed by atoms with Crippen LogP contribution >= 0.6 is 0 Å². The van der Waals surface area contributed by atoms with Crippen molar-refractivity contribution in [1.29, 1.82) is 0 Å². The van der Waals surface area contributed by atoms with Gasteiger partial charge < -0.3 is 20.7 Å². The summed E-state index contributed by atoms with van der Waals surface area (Å²) < 4.78 is 5.68. The Hall–Kier alpha value is -0.650. The van der Waals surface area contributed by atoms with Crippen LogP contribution in [0, 0.1) is 5.41 Å². The number of nitrogens with zero attached hydrogens (tertiary/aromatic N) is 1. The van der Waals surface area contributed by atoms with E-state index in [0.717, 1.165) is 25.9 Å². The number of carbonyl (C=O) groups is 1. The van der Waals surface area contributed by atoms with Crippen LogP contribution in [0.5, 0.6) is 0 Å². The highest BCUT2D eigenvalue weighted by atomic mass is 16.5. The lowest BCUT2D eigenvalue weighted by Gasteiger charge is -2.57. The molecule has 1 amide bonds. The third-order valence-corrected chi connectivity index (χ3v) is 5.29. The lowest BCUT2D eigenvalue weighted by atomic mass is 9.54. The van der Waals surface area contributed by atoms with Crippen LogP contribution < -0.4 is 11.1 Å². The molecule has 20 heavy (non-hydrogen) atoms. The standard InChI is InChI=1S/C15H29N3O2/c1-5-20-12-10-15(16,14(12,2)3)13(19)17-11-6-8-18(4)9-7-11/h11-12H,5-10,16H2,1-4H3,(H,17,19). The van der Waals surface area contributed by atoms with E-state index < -0.39 is 5.54 Å². The average molecular weight is 283 g/mol. The van der Waals surface area contributed by atoms with Crippen LogP contribution in [0.4, 0.5) is 0 Å². The van der Waals surface area contributed by atoms with Gasteiger partial charge in [-0.15, -0.1) is 0 Å². The van der Waals surface area contributed by atoms with Crippen LogP contribution in [-0.2, 0) is 9.53 Å². The van der Waals surface area contributed by atoms with Gasteiger partial charge in [0.1, 0.15) is 5.54 Å². The van der Waals surface area contributed by atoms with Gasteiger partial charge in [0.2, 0.25) is 5.91 Å². The zero-order chi connectivity index (χ0) is 15.0. The van der Waals surface area contributed by atoms with Crippen LogP contribution in [0.3, 0.4) is 0 Å². The van der Waals surface area contributed by atoms with E-state index in [1.807, 2.05) is 20.8 Å². The predicted octanol–water partition coefficient (Wildman–Crippen LogP) is 0.729. The number of likely N-dealkylation sites (tertiary alicyclic amines) is 1. The smallest absolute Gasteiger partial charge is 0.241 e. The van der Waals surface area contributed by atoms with Gasteiger partial charge in [-0.2, -0.15) is 0 Å². The Morgan fingerprint density at radius 3 is 2.50 bits per heavy atom. The molecule has 116 valence electrons. The number of nitrogens with two attached hydrogens (primary N) is 1. The molecular weight excluding hydrogens is 254 g/mol. The minimum atomic E-state index is -0.795. The zero-order valence-electron chi connectivity index (χ0n) is 13.2. The Kier molecular flexibility index (Phi) is 4.42. The maximum absolute atomic E-state index is 12.6. The number of carbonyl (C=O) groups excluding carboxylic acids is 1. The quantitative estimate of drug-likeness (QED) is 0.798. The van der Waals surface area contributed by atoms with Gasteiger partial charge in [-0.1, -0.05) is 13.8 Å². The molecule has 0 spiro atoms. The van der Waals surface area contributed by atoms with Gasteiger partial charge in [0.25, 0.3) is 0 Å². The molecule has 0 aromatic rings. The normalized spacial score (nSPS) is 34.5. The molecule has 0 radical (unpaired) electrons. The number of hydrogen-bond acceptors (Lipinski definition) is 4. The van der Waals surface area contributed by atoms with Crippen LogP contribution in [0.25, 0.3) is 0 Å². The van der Waals surface area contributed by atoms with E-state index in [4.69, 9.17) is 10.5 Å². The lowest BCUT2D eigenvalue weighted by molar-refractivity contribution is -0.171. The fraction of sp³-hybridized carbons (Fsp3) is 0.933. The molecule has 5 nitrogen and oxygen atoms in total. The highest BCUT2D eigenvalue weighted by Crippen LogP contribution is 2.49. The fourth-order valence-electron chi connectivity index (χ4n) is 3.29. The molecule has 1 heterocycles. The van der Waals surface area contributed by atoms with Gasteiger partial charge in [-0.25, -0.2) is 0 Å². The molecule has 5 heteroatoms. The molecule has 0 aromatic heterocycles. The first-order valence-corrected chi connectivity index (χ1v) is 7.71. The van der Waals surface area contributed by atoms with E-state index in [1.165, 1.54) is 0 Å². The number of hydrogen-bond donors (Lipinski definition) is 2. The van der Waals surface area contributed by atoms with E-state index in [9.17, 15) is 4.79 Å². The van der Waals surface area contributed by atoms with Gasteiger partial charge in [-0.05, 0) is 39.9 Å². The van der Waals surface area contributed by atoms with Crippen LogP contribution in [0.1, 0.15) is 40.0 Å². The molecule has 1 saturated carbocycles. The summed E-state index contributed by atoms with van der Waals surface area (Å²) in [5.74, 6) is -0.00648. The molecule has 1 aliphatic carbocycles. The second kappa shape index (κ2) is 5.62. The van der Waals surface area contributed by atoms with Crippen LogP contribution in [0.15, 0.2) is 0 Å². The van der Waals surface area contributed by atoms with Gasteiger partial charge >= 0.3 is 0 Å². The molecule has 2 atom stereocenters. The SMILES string of the molecule is CCOC1CC(N)(C(=O)NC2CCN(C)CC2)C1(C)C. The van der Waals surface area contributed by atoms with Crippen LogP contribution in [0.2, 0.25) is 0 Å². The van der Waals surface area contributed by atoms with E-state index >= 15 is 0 Å². The monoisotopic (exact) mass is 283 g/mol. The summed E-state index contributed by atoms with van der Waals surface area (Å²) in [6, 6.07) is 0.265. The fourth-order valence-corrected chi connectivity index (χ4v) is 3.29. The molecule has 0 bridgehead atoms. The third-order valence-electron chi connectivity index (χ3n) is 5.29. The maximum atomic E-state index is 12.6. The number of amides is 1. The molecule has 2 rings (SSSR count). The van der Waals surface area contributed by atoms with Gasteiger partial charge in [-0.3, -0.25) is 4.79 Å². The molecule has 0 aromatic carbocycles. The Labute approximate surface area is 122 Å². The molecule has 2 aliphatic rings. The van der Waals surface area contributed by atoms with Crippen molar-refractivity contribution in [2.75, 3.05) is 26.7 Å². The lowest BCUT2D eigenvalue weighted by Crippen LogP contribution is -2.76. The maximum Gasteiger partial charge on any atom is 0.241 e. The average Bonchev–Trinajstić information content (AvgIpc) is 2.40. The van der Waals surface area contributed by atoms with Crippen molar-refractivity contribution in [3.05, 3.63) is 0 Å². The first-order valence-electron chi connectivity index (χ1n) is 7.71. The van der Waals surface area contributed by atoms with E-state index in [-0.39, 0.29) is 23.5 Å². The second-order valence-electron chi connectivity index (χ2n) is 6.89. The Morgan fingerprint density at radius 1 is 1.40 bits per heavy atom. The van der Waals surface area contributed by atoms with Gasteiger partial charge in [0.15, 0.2) is 0 Å². The van der Waals surface area contributed by atoms with E-state index in [2.05, 4.69) is 17.3 Å². The van der Waals surface area contributed by atoms with Crippen molar-refractivity contribution in [1.82, 2.24) is 10.2 Å². The summed E-state index contributed by atoms with van der Waals surface area (Å²) >= 11 is 0. The molecule has 2 fully saturated rings.